The van der Waals surface area contributed by atoms with Crippen LogP contribution in [0.4, 0.5) is 28.8 Å². The second-order valence-corrected chi connectivity index (χ2v) is 8.31. The lowest BCUT2D eigenvalue weighted by atomic mass is 10.1. The number of aromatic nitrogens is 2. The molecule has 0 bridgehead atoms. The number of methoxy groups -OCH3 is 1. The zero-order chi connectivity index (χ0) is 24.6. The molecule has 0 aliphatic rings. The smallest absolute Gasteiger partial charge is 0.229 e. The first-order valence-electron chi connectivity index (χ1n) is 11.5. The third-order valence-corrected chi connectivity index (χ3v) is 5.36. The summed E-state index contributed by atoms with van der Waals surface area (Å²) in [6.07, 6.45) is 1.15. The lowest BCUT2D eigenvalue weighted by Gasteiger charge is -2.11. The van der Waals surface area contributed by atoms with E-state index in [-0.39, 0.29) is 5.91 Å². The second kappa shape index (κ2) is 11.2. The van der Waals surface area contributed by atoms with E-state index in [1.807, 2.05) is 73.7 Å². The fourth-order valence-electron chi connectivity index (χ4n) is 3.63. The van der Waals surface area contributed by atoms with Gasteiger partial charge in [-0.1, -0.05) is 29.8 Å². The summed E-state index contributed by atoms with van der Waals surface area (Å²) >= 11 is 0. The molecule has 0 atom stereocenters. The fraction of sp³-hybridized carbons (Fsp3) is 0.179. The number of hydrogen-bond acceptors (Lipinski definition) is 6. The molecule has 0 radical (unpaired) electrons. The summed E-state index contributed by atoms with van der Waals surface area (Å²) < 4.78 is 5.20. The van der Waals surface area contributed by atoms with Crippen LogP contribution in [0.5, 0.6) is 5.75 Å². The van der Waals surface area contributed by atoms with Crippen molar-refractivity contribution < 1.29 is 9.53 Å². The number of aryl methyl sites for hydroxylation is 3. The topological polar surface area (TPSA) is 88.2 Å². The maximum absolute atomic E-state index is 12.3. The van der Waals surface area contributed by atoms with Crippen molar-refractivity contribution in [2.45, 2.75) is 26.7 Å². The molecule has 0 spiro atoms. The van der Waals surface area contributed by atoms with E-state index in [9.17, 15) is 4.79 Å². The first-order chi connectivity index (χ1) is 17.0. The van der Waals surface area contributed by atoms with E-state index >= 15 is 0 Å². The molecule has 7 nitrogen and oxygen atoms in total. The summed E-state index contributed by atoms with van der Waals surface area (Å²) in [6.45, 7) is 3.97. The van der Waals surface area contributed by atoms with Gasteiger partial charge in [-0.15, -0.1) is 0 Å². The van der Waals surface area contributed by atoms with E-state index in [0.717, 1.165) is 28.5 Å². The molecule has 0 aliphatic heterocycles. The molecule has 1 heterocycles. The molecule has 4 aromatic rings. The highest BCUT2D eigenvalue weighted by molar-refractivity contribution is 5.91. The lowest BCUT2D eigenvalue weighted by Crippen LogP contribution is -2.12. The Morgan fingerprint density at radius 2 is 1.51 bits per heavy atom. The molecule has 0 saturated heterocycles. The molecule has 0 unspecified atom stereocenters. The SMILES string of the molecule is COc1ccc(Nc2cc(C)nc(Nc3ccc(NC(=O)CCc4cccc(C)c4)cc3)n2)cc1. The Kier molecular flexibility index (Phi) is 7.57. The zero-order valence-corrected chi connectivity index (χ0v) is 20.1. The van der Waals surface area contributed by atoms with Crippen molar-refractivity contribution in [3.8, 4) is 5.75 Å². The first kappa shape index (κ1) is 23.8. The number of carbonyl (C=O) groups excluding carboxylic acids is 1. The van der Waals surface area contributed by atoms with Gasteiger partial charge in [0.1, 0.15) is 11.6 Å². The third-order valence-electron chi connectivity index (χ3n) is 5.36. The van der Waals surface area contributed by atoms with Crippen LogP contribution in [0.25, 0.3) is 0 Å². The number of hydrogen-bond donors (Lipinski definition) is 3. The van der Waals surface area contributed by atoms with Gasteiger partial charge in [-0.25, -0.2) is 4.98 Å². The molecule has 3 aromatic carbocycles. The number of carbonyl (C=O) groups is 1. The molecule has 0 saturated carbocycles. The Morgan fingerprint density at radius 3 is 2.23 bits per heavy atom. The molecule has 1 amide bonds. The molecule has 178 valence electrons. The van der Waals surface area contributed by atoms with E-state index in [4.69, 9.17) is 4.74 Å². The molecule has 35 heavy (non-hydrogen) atoms. The second-order valence-electron chi connectivity index (χ2n) is 8.31. The van der Waals surface area contributed by atoms with E-state index in [1.165, 1.54) is 11.1 Å². The van der Waals surface area contributed by atoms with Gasteiger partial charge in [0.15, 0.2) is 0 Å². The van der Waals surface area contributed by atoms with Crippen LogP contribution in [0.15, 0.2) is 78.9 Å². The van der Waals surface area contributed by atoms with Gasteiger partial charge in [0, 0.05) is 35.2 Å². The van der Waals surface area contributed by atoms with Crippen molar-refractivity contribution >= 4 is 34.7 Å². The summed E-state index contributed by atoms with van der Waals surface area (Å²) in [4.78, 5) is 21.4. The van der Waals surface area contributed by atoms with Crippen LogP contribution >= 0.6 is 0 Å². The first-order valence-corrected chi connectivity index (χ1v) is 11.5. The molecular weight excluding hydrogens is 438 g/mol. The number of amides is 1. The molecule has 0 aliphatic carbocycles. The highest BCUT2D eigenvalue weighted by Gasteiger charge is 2.06. The predicted molar refractivity (Wildman–Crippen MR) is 141 cm³/mol. The minimum Gasteiger partial charge on any atom is -0.497 e. The maximum Gasteiger partial charge on any atom is 0.229 e. The van der Waals surface area contributed by atoms with Crippen molar-refractivity contribution in [1.82, 2.24) is 9.97 Å². The number of benzene rings is 3. The monoisotopic (exact) mass is 467 g/mol. The van der Waals surface area contributed by atoms with Crippen LogP contribution in [-0.2, 0) is 11.2 Å². The maximum atomic E-state index is 12.3. The van der Waals surface area contributed by atoms with Crippen molar-refractivity contribution in [2.75, 3.05) is 23.1 Å². The summed E-state index contributed by atoms with van der Waals surface area (Å²) in [7, 11) is 1.64. The van der Waals surface area contributed by atoms with E-state index in [0.29, 0.717) is 24.6 Å². The molecule has 0 fully saturated rings. The lowest BCUT2D eigenvalue weighted by molar-refractivity contribution is -0.116. The van der Waals surface area contributed by atoms with Crippen molar-refractivity contribution in [3.63, 3.8) is 0 Å². The molecular formula is C28H29N5O2. The summed E-state index contributed by atoms with van der Waals surface area (Å²) in [5, 5.41) is 9.47. The Morgan fingerprint density at radius 1 is 0.829 bits per heavy atom. The number of ether oxygens (including phenoxy) is 1. The number of rotatable bonds is 9. The van der Waals surface area contributed by atoms with Crippen LogP contribution in [0.1, 0.15) is 23.2 Å². The van der Waals surface area contributed by atoms with Crippen LogP contribution in [-0.4, -0.2) is 23.0 Å². The minimum absolute atomic E-state index is 0.0107. The van der Waals surface area contributed by atoms with E-state index < -0.39 is 0 Å². The van der Waals surface area contributed by atoms with Gasteiger partial charge in [-0.2, -0.15) is 4.98 Å². The minimum atomic E-state index is -0.0107. The van der Waals surface area contributed by atoms with Gasteiger partial charge in [0.2, 0.25) is 11.9 Å². The van der Waals surface area contributed by atoms with Gasteiger partial charge in [0.25, 0.3) is 0 Å². The van der Waals surface area contributed by atoms with Crippen molar-refractivity contribution in [2.24, 2.45) is 0 Å². The summed E-state index contributed by atoms with van der Waals surface area (Å²) in [6, 6.07) is 25.2. The quantitative estimate of drug-likeness (QED) is 0.273. The Hall–Kier alpha value is -4.39. The van der Waals surface area contributed by atoms with Crippen molar-refractivity contribution in [3.05, 3.63) is 95.7 Å². The fourth-order valence-corrected chi connectivity index (χ4v) is 3.63. The van der Waals surface area contributed by atoms with Crippen LogP contribution in [0.3, 0.4) is 0 Å². The third kappa shape index (κ3) is 7.04. The summed E-state index contributed by atoms with van der Waals surface area (Å²) in [5.74, 6) is 1.95. The zero-order valence-electron chi connectivity index (χ0n) is 20.1. The number of nitrogens with one attached hydrogen (secondary N) is 3. The normalized spacial score (nSPS) is 10.5. The highest BCUT2D eigenvalue weighted by atomic mass is 16.5. The standard InChI is InChI=1S/C28H29N5O2/c1-19-5-4-6-21(17-19)7-16-27(34)31-23-8-10-24(11-9-23)32-28-29-20(2)18-26(33-28)30-22-12-14-25(35-3)15-13-22/h4-6,8-15,17-18H,7,16H2,1-3H3,(H,31,34)(H2,29,30,32,33). The van der Waals surface area contributed by atoms with Crippen LogP contribution in [0, 0.1) is 13.8 Å². The average Bonchev–Trinajstić information content (AvgIpc) is 2.84. The van der Waals surface area contributed by atoms with Crippen LogP contribution < -0.4 is 20.7 Å². The van der Waals surface area contributed by atoms with Gasteiger partial charge >= 0.3 is 0 Å². The van der Waals surface area contributed by atoms with Gasteiger partial charge < -0.3 is 20.7 Å². The van der Waals surface area contributed by atoms with Crippen LogP contribution in [0.2, 0.25) is 0 Å². The Balaban J connectivity index is 1.34. The van der Waals surface area contributed by atoms with E-state index in [1.54, 1.807) is 7.11 Å². The van der Waals surface area contributed by atoms with Gasteiger partial charge in [-0.3, -0.25) is 4.79 Å². The Labute approximate surface area is 205 Å². The number of anilines is 5. The molecule has 4 rings (SSSR count). The van der Waals surface area contributed by atoms with Gasteiger partial charge in [0.05, 0.1) is 7.11 Å². The summed E-state index contributed by atoms with van der Waals surface area (Å²) in [5.41, 5.74) is 5.67. The molecule has 7 heteroatoms. The number of nitrogens with zero attached hydrogens (tertiary/aromatic N) is 2. The Bertz CT molecular complexity index is 1290. The molecule has 1 aromatic heterocycles. The molecule has 3 N–H and O–H groups in total. The largest absolute Gasteiger partial charge is 0.497 e. The van der Waals surface area contributed by atoms with E-state index in [2.05, 4.69) is 45.0 Å². The average molecular weight is 468 g/mol. The van der Waals surface area contributed by atoms with Gasteiger partial charge in [-0.05, 0) is 74.4 Å². The predicted octanol–water partition coefficient (Wildman–Crippen LogP) is 6.16. The van der Waals surface area contributed by atoms with Crippen molar-refractivity contribution in [1.29, 1.82) is 0 Å². The highest BCUT2D eigenvalue weighted by Crippen LogP contribution is 2.22.